The number of aromatic nitrogens is 1. The van der Waals surface area contributed by atoms with Crippen LogP contribution in [0.1, 0.15) is 10.4 Å². The van der Waals surface area contributed by atoms with Crippen molar-refractivity contribution >= 4 is 48.1 Å². The minimum atomic E-state index is -3.36. The summed E-state index contributed by atoms with van der Waals surface area (Å²) in [5.41, 5.74) is 0.795. The van der Waals surface area contributed by atoms with Crippen LogP contribution in [0.15, 0.2) is 47.4 Å². The number of likely N-dealkylation sites (N-methyl/N-ethyl adjacent to an activating group) is 1. The van der Waals surface area contributed by atoms with Gasteiger partial charge in [0, 0.05) is 37.0 Å². The largest absolute Gasteiger partial charge is 0.308 e. The summed E-state index contributed by atoms with van der Waals surface area (Å²) in [4.78, 5) is 31.6. The molecule has 1 heterocycles. The number of nitro groups is 1. The quantitative estimate of drug-likeness (QED) is 0.403. The van der Waals surface area contributed by atoms with E-state index >= 15 is 0 Å². The van der Waals surface area contributed by atoms with Gasteiger partial charge in [0.25, 0.3) is 11.6 Å². The van der Waals surface area contributed by atoms with Crippen molar-refractivity contribution in [2.45, 2.75) is 4.90 Å². The fraction of sp³-hybridized carbons (Fsp3) is 0.263. The van der Waals surface area contributed by atoms with E-state index in [9.17, 15) is 23.3 Å². The average molecular weight is 449 g/mol. The second-order valence-corrected chi connectivity index (χ2v) is 9.99. The SMILES string of the molecule is CN(C)CCN(C(=O)c1ccc([N+](=O)[O-])cc1)c1nc2ccc(S(C)(=O)=O)cc2s1. The Labute approximate surface area is 177 Å². The van der Waals surface area contributed by atoms with E-state index in [0.717, 1.165) is 6.26 Å². The molecule has 0 atom stereocenters. The first-order valence-electron chi connectivity index (χ1n) is 8.88. The highest BCUT2D eigenvalue weighted by Gasteiger charge is 2.22. The van der Waals surface area contributed by atoms with Crippen LogP contribution < -0.4 is 4.90 Å². The standard InChI is InChI=1S/C19H20N4O5S2/c1-21(2)10-11-22(18(24)13-4-6-14(7-5-13)23(25)26)19-20-16-9-8-15(30(3,27)28)12-17(16)29-19/h4-9,12H,10-11H2,1-3H3. The number of benzene rings is 2. The van der Waals surface area contributed by atoms with Crippen molar-refractivity contribution in [2.24, 2.45) is 0 Å². The summed E-state index contributed by atoms with van der Waals surface area (Å²) < 4.78 is 24.3. The smallest absolute Gasteiger partial charge is 0.269 e. The highest BCUT2D eigenvalue weighted by atomic mass is 32.2. The van der Waals surface area contributed by atoms with Crippen molar-refractivity contribution < 1.29 is 18.1 Å². The minimum absolute atomic E-state index is 0.0975. The summed E-state index contributed by atoms with van der Waals surface area (Å²) in [5, 5.41) is 11.3. The van der Waals surface area contributed by atoms with Gasteiger partial charge < -0.3 is 4.90 Å². The number of sulfone groups is 1. The maximum absolute atomic E-state index is 13.2. The number of hydrogen-bond acceptors (Lipinski definition) is 8. The molecular formula is C19H20N4O5S2. The van der Waals surface area contributed by atoms with Crippen molar-refractivity contribution in [1.29, 1.82) is 0 Å². The zero-order chi connectivity index (χ0) is 22.1. The van der Waals surface area contributed by atoms with Gasteiger partial charge in [-0.3, -0.25) is 19.8 Å². The van der Waals surface area contributed by atoms with Gasteiger partial charge in [-0.1, -0.05) is 11.3 Å². The number of hydrogen-bond donors (Lipinski definition) is 0. The Morgan fingerprint density at radius 1 is 1.13 bits per heavy atom. The van der Waals surface area contributed by atoms with Crippen molar-refractivity contribution in [3.8, 4) is 0 Å². The van der Waals surface area contributed by atoms with Crippen LogP contribution in [0, 0.1) is 10.1 Å². The van der Waals surface area contributed by atoms with Gasteiger partial charge in [-0.15, -0.1) is 0 Å². The van der Waals surface area contributed by atoms with Crippen LogP contribution >= 0.6 is 11.3 Å². The fourth-order valence-electron chi connectivity index (χ4n) is 2.70. The van der Waals surface area contributed by atoms with E-state index in [4.69, 9.17) is 0 Å². The van der Waals surface area contributed by atoms with Crippen LogP contribution in [0.5, 0.6) is 0 Å². The van der Waals surface area contributed by atoms with Gasteiger partial charge in [0.05, 0.1) is 20.0 Å². The molecule has 0 saturated carbocycles. The van der Waals surface area contributed by atoms with E-state index in [1.807, 2.05) is 19.0 Å². The second-order valence-electron chi connectivity index (χ2n) is 6.96. The van der Waals surface area contributed by atoms with E-state index in [-0.39, 0.29) is 16.5 Å². The molecule has 0 aliphatic heterocycles. The lowest BCUT2D eigenvalue weighted by atomic mass is 10.2. The number of thiazole rings is 1. The molecule has 0 radical (unpaired) electrons. The van der Waals surface area contributed by atoms with E-state index in [2.05, 4.69) is 4.98 Å². The molecule has 11 heteroatoms. The predicted octanol–water partition coefficient (Wildman–Crippen LogP) is 2.82. The first-order valence-corrected chi connectivity index (χ1v) is 11.6. The molecule has 158 valence electrons. The number of fused-ring (bicyclic) bond motifs is 1. The predicted molar refractivity (Wildman–Crippen MR) is 116 cm³/mol. The van der Waals surface area contributed by atoms with Crippen LogP contribution in [-0.4, -0.2) is 62.6 Å². The molecule has 0 fully saturated rings. The molecule has 3 rings (SSSR count). The number of amides is 1. The van der Waals surface area contributed by atoms with Crippen molar-refractivity contribution in [3.63, 3.8) is 0 Å². The molecule has 0 aliphatic rings. The topological polar surface area (TPSA) is 114 Å². The summed E-state index contributed by atoms with van der Waals surface area (Å²) >= 11 is 1.22. The van der Waals surface area contributed by atoms with E-state index in [1.54, 1.807) is 12.1 Å². The fourth-order valence-corrected chi connectivity index (χ4v) is 4.46. The third kappa shape index (κ3) is 4.81. The molecule has 0 bridgehead atoms. The molecular weight excluding hydrogens is 428 g/mol. The second kappa shape index (κ2) is 8.46. The Morgan fingerprint density at radius 3 is 2.37 bits per heavy atom. The molecule has 0 N–H and O–H groups in total. The summed E-state index contributed by atoms with van der Waals surface area (Å²) in [6.07, 6.45) is 1.14. The van der Waals surface area contributed by atoms with Crippen LogP contribution in [0.3, 0.4) is 0 Å². The number of nitro benzene ring substituents is 1. The number of carbonyl (C=O) groups excluding carboxylic acids is 1. The maximum Gasteiger partial charge on any atom is 0.269 e. The molecule has 2 aromatic carbocycles. The Kier molecular flexibility index (Phi) is 6.15. The molecule has 30 heavy (non-hydrogen) atoms. The van der Waals surface area contributed by atoms with Gasteiger partial charge >= 0.3 is 0 Å². The molecule has 0 aliphatic carbocycles. The summed E-state index contributed by atoms with van der Waals surface area (Å²) in [6.45, 7) is 0.921. The maximum atomic E-state index is 13.2. The van der Waals surface area contributed by atoms with Crippen LogP contribution in [0.2, 0.25) is 0 Å². The summed E-state index contributed by atoms with van der Waals surface area (Å²) in [5.74, 6) is -0.339. The Morgan fingerprint density at radius 2 is 1.80 bits per heavy atom. The average Bonchev–Trinajstić information content (AvgIpc) is 3.10. The molecule has 1 aromatic heterocycles. The van der Waals surface area contributed by atoms with Gasteiger partial charge in [0.15, 0.2) is 15.0 Å². The third-order valence-corrected chi connectivity index (χ3v) is 6.50. The van der Waals surface area contributed by atoms with Gasteiger partial charge in [-0.25, -0.2) is 13.4 Å². The zero-order valence-corrected chi connectivity index (χ0v) is 18.2. The monoisotopic (exact) mass is 448 g/mol. The van der Waals surface area contributed by atoms with Gasteiger partial charge in [-0.05, 0) is 44.4 Å². The summed E-state index contributed by atoms with van der Waals surface area (Å²) in [7, 11) is 0.400. The Balaban J connectivity index is 2.00. The van der Waals surface area contributed by atoms with Crippen LogP contribution in [0.25, 0.3) is 10.2 Å². The highest BCUT2D eigenvalue weighted by molar-refractivity contribution is 7.90. The first-order chi connectivity index (χ1) is 14.1. The summed E-state index contributed by atoms with van der Waals surface area (Å²) in [6, 6.07) is 10.1. The van der Waals surface area contributed by atoms with Crippen LogP contribution in [0.4, 0.5) is 10.8 Å². The first kappa shape index (κ1) is 21.8. The number of anilines is 1. The minimum Gasteiger partial charge on any atom is -0.308 e. The lowest BCUT2D eigenvalue weighted by molar-refractivity contribution is -0.384. The van der Waals surface area contributed by atoms with Crippen molar-refractivity contribution in [2.75, 3.05) is 38.3 Å². The van der Waals surface area contributed by atoms with Gasteiger partial charge in [-0.2, -0.15) is 0 Å². The number of nitrogens with zero attached hydrogens (tertiary/aromatic N) is 4. The van der Waals surface area contributed by atoms with Crippen LogP contribution in [-0.2, 0) is 9.84 Å². The Bertz CT molecular complexity index is 1200. The van der Waals surface area contributed by atoms with E-state index < -0.39 is 14.8 Å². The molecule has 0 unspecified atom stereocenters. The van der Waals surface area contributed by atoms with E-state index in [0.29, 0.717) is 34.0 Å². The molecule has 9 nitrogen and oxygen atoms in total. The third-order valence-electron chi connectivity index (χ3n) is 4.35. The molecule has 0 saturated heterocycles. The van der Waals surface area contributed by atoms with Gasteiger partial charge in [0.2, 0.25) is 0 Å². The lowest BCUT2D eigenvalue weighted by Gasteiger charge is -2.22. The van der Waals surface area contributed by atoms with Crippen molar-refractivity contribution in [3.05, 3.63) is 58.1 Å². The normalized spacial score (nSPS) is 11.7. The zero-order valence-electron chi connectivity index (χ0n) is 16.6. The van der Waals surface area contributed by atoms with Gasteiger partial charge in [0.1, 0.15) is 0 Å². The Hall–Kier alpha value is -2.89. The number of carbonyl (C=O) groups is 1. The highest BCUT2D eigenvalue weighted by Crippen LogP contribution is 2.31. The molecule has 0 spiro atoms. The number of rotatable bonds is 7. The molecule has 3 aromatic rings. The lowest BCUT2D eigenvalue weighted by Crippen LogP contribution is -2.36. The van der Waals surface area contributed by atoms with Crippen molar-refractivity contribution in [1.82, 2.24) is 9.88 Å². The van der Waals surface area contributed by atoms with E-state index in [1.165, 1.54) is 46.6 Å². The number of non-ortho nitro benzene ring substituents is 1. The molecule has 1 amide bonds.